The van der Waals surface area contributed by atoms with Crippen LogP contribution in [0.2, 0.25) is 5.02 Å². The Balaban J connectivity index is 1.46. The smallest absolute Gasteiger partial charge is 0.416 e. The van der Waals surface area contributed by atoms with Gasteiger partial charge in [-0.25, -0.2) is 4.39 Å². The van der Waals surface area contributed by atoms with Gasteiger partial charge in [-0.3, -0.25) is 20.0 Å². The molecule has 2 amide bonds. The van der Waals surface area contributed by atoms with Gasteiger partial charge in [0.15, 0.2) is 5.49 Å². The fourth-order valence-electron chi connectivity index (χ4n) is 5.31. The maximum atomic E-state index is 14.6. The molecule has 0 bridgehead atoms. The van der Waals surface area contributed by atoms with E-state index < -0.39 is 42.3 Å². The number of carbonyl (C=O) groups is 2. The Hall–Kier alpha value is -5.37. The highest BCUT2D eigenvalue weighted by molar-refractivity contribution is 6.33. The number of nitrogens with zero attached hydrogens (tertiary/aromatic N) is 2. The number of carbonyl (C=O) groups excluding carboxylic acids is 2. The van der Waals surface area contributed by atoms with Crippen molar-refractivity contribution in [2.24, 2.45) is 10.7 Å². The summed E-state index contributed by atoms with van der Waals surface area (Å²) >= 11 is 6.75. The van der Waals surface area contributed by atoms with E-state index in [2.05, 4.69) is 15.6 Å². The molecule has 5 rings (SSSR count). The van der Waals surface area contributed by atoms with E-state index in [4.69, 9.17) is 28.5 Å². The number of nitrogens with one attached hydrogen (secondary N) is 3. The van der Waals surface area contributed by atoms with Crippen molar-refractivity contribution in [3.63, 3.8) is 0 Å². The fourth-order valence-corrected chi connectivity index (χ4v) is 5.63. The van der Waals surface area contributed by atoms with Crippen molar-refractivity contribution in [3.8, 4) is 11.1 Å². The van der Waals surface area contributed by atoms with Gasteiger partial charge in [-0.15, -0.1) is 0 Å². The van der Waals surface area contributed by atoms with Crippen molar-refractivity contribution in [2.75, 3.05) is 5.73 Å². The summed E-state index contributed by atoms with van der Waals surface area (Å²) in [4.78, 5) is 31.0. The van der Waals surface area contributed by atoms with Crippen LogP contribution in [0.4, 0.5) is 23.2 Å². The first-order valence-corrected chi connectivity index (χ1v) is 15.5. The van der Waals surface area contributed by atoms with Gasteiger partial charge >= 0.3 is 6.18 Å². The molecule has 256 valence electrons. The third-order valence-electron chi connectivity index (χ3n) is 8.08. The number of aromatic nitrogens is 1. The second-order valence-corrected chi connectivity index (χ2v) is 12.0. The van der Waals surface area contributed by atoms with E-state index in [1.54, 1.807) is 0 Å². The minimum Gasteiger partial charge on any atom is -0.427 e. The number of amides is 2. The zero-order chi connectivity index (χ0) is 35.5. The number of alkyl halides is 3. The zero-order valence-electron chi connectivity index (χ0n) is 25.9. The van der Waals surface area contributed by atoms with Gasteiger partial charge in [0.25, 0.3) is 5.91 Å². The van der Waals surface area contributed by atoms with E-state index in [1.807, 2.05) is 0 Å². The van der Waals surface area contributed by atoms with E-state index in [9.17, 15) is 32.4 Å². The lowest BCUT2D eigenvalue weighted by Gasteiger charge is -2.22. The minimum atomic E-state index is -4.61. The molecule has 0 atom stereocenters. The van der Waals surface area contributed by atoms with Crippen LogP contribution in [0.25, 0.3) is 11.1 Å². The molecular formula is C34H32ClF4N7O3. The molecule has 1 aromatic heterocycles. The van der Waals surface area contributed by atoms with Crippen LogP contribution >= 0.6 is 11.6 Å². The third-order valence-corrected chi connectivity index (χ3v) is 8.38. The first-order chi connectivity index (χ1) is 23.2. The van der Waals surface area contributed by atoms with Crippen LogP contribution in [-0.4, -0.2) is 33.6 Å². The van der Waals surface area contributed by atoms with Gasteiger partial charge in [0.1, 0.15) is 11.7 Å². The highest BCUT2D eigenvalue weighted by atomic mass is 35.5. The topological polar surface area (TPSA) is 172 Å². The number of pyridine rings is 1. The molecule has 3 aromatic carbocycles. The monoisotopic (exact) mass is 697 g/mol. The molecule has 1 fully saturated rings. The van der Waals surface area contributed by atoms with Crippen LogP contribution < -0.4 is 27.6 Å². The van der Waals surface area contributed by atoms with Crippen molar-refractivity contribution in [2.45, 2.75) is 51.0 Å². The summed E-state index contributed by atoms with van der Waals surface area (Å²) < 4.78 is 55.8. The molecular weight excluding hydrogens is 666 g/mol. The lowest BCUT2D eigenvalue weighted by atomic mass is 9.94. The number of hydrogen-bond acceptors (Lipinski definition) is 6. The Bertz CT molecular complexity index is 2010. The first-order valence-electron chi connectivity index (χ1n) is 15.1. The number of anilines is 1. The molecule has 0 aliphatic heterocycles. The van der Waals surface area contributed by atoms with Gasteiger partial charge in [0.05, 0.1) is 28.7 Å². The van der Waals surface area contributed by atoms with Gasteiger partial charge in [0.2, 0.25) is 5.91 Å². The molecule has 4 aromatic rings. The molecule has 0 spiro atoms. The number of amidine groups is 1. The summed E-state index contributed by atoms with van der Waals surface area (Å²) in [6.45, 7) is -0.638. The summed E-state index contributed by atoms with van der Waals surface area (Å²) in [5, 5.41) is 24.0. The Morgan fingerprint density at radius 1 is 1.00 bits per heavy atom. The SMILES string of the molecule is N=C(N)c1ccc(CNC(=O)Cc2c(-c3cc(N)cc(C(=O)NCc4ccccc4C(F)(F)F)c3)c(Cl)cc(=NC3CCC3)n2O)c(F)c1. The molecule has 8 N–H and O–H groups in total. The van der Waals surface area contributed by atoms with Crippen molar-refractivity contribution >= 4 is 34.9 Å². The second kappa shape index (κ2) is 14.4. The number of benzene rings is 3. The summed E-state index contributed by atoms with van der Waals surface area (Å²) in [7, 11) is 0. The lowest BCUT2D eigenvalue weighted by molar-refractivity contribution is -0.138. The Kier molecular flexibility index (Phi) is 10.3. The molecule has 49 heavy (non-hydrogen) atoms. The van der Waals surface area contributed by atoms with E-state index >= 15 is 0 Å². The maximum Gasteiger partial charge on any atom is 0.416 e. The summed E-state index contributed by atoms with van der Waals surface area (Å²) in [5.74, 6) is -2.34. The first kappa shape index (κ1) is 35.0. The minimum absolute atomic E-state index is 0.00784. The van der Waals surface area contributed by atoms with Crippen molar-refractivity contribution in [3.05, 3.63) is 117 Å². The van der Waals surface area contributed by atoms with Gasteiger partial charge in [-0.1, -0.05) is 41.9 Å². The highest BCUT2D eigenvalue weighted by Gasteiger charge is 2.33. The molecule has 0 radical (unpaired) electrons. The van der Waals surface area contributed by atoms with Gasteiger partial charge in [-0.2, -0.15) is 17.9 Å². The number of hydrogen-bond donors (Lipinski definition) is 6. The highest BCUT2D eigenvalue weighted by Crippen LogP contribution is 2.34. The number of rotatable bonds is 10. The average Bonchev–Trinajstić information content (AvgIpc) is 3.02. The summed E-state index contributed by atoms with van der Waals surface area (Å²) in [5.41, 5.74) is 11.4. The number of nitrogens with two attached hydrogens (primary N) is 2. The van der Waals surface area contributed by atoms with Crippen molar-refractivity contribution < 1.29 is 32.4 Å². The van der Waals surface area contributed by atoms with E-state index in [1.165, 1.54) is 54.6 Å². The Morgan fingerprint density at radius 3 is 2.37 bits per heavy atom. The molecule has 1 aliphatic rings. The lowest BCUT2D eigenvalue weighted by Crippen LogP contribution is -2.32. The maximum absolute atomic E-state index is 14.6. The number of halogens is 5. The molecule has 1 heterocycles. The van der Waals surface area contributed by atoms with Crippen molar-refractivity contribution in [1.82, 2.24) is 15.4 Å². The van der Waals surface area contributed by atoms with Crippen molar-refractivity contribution in [1.29, 1.82) is 5.41 Å². The quantitative estimate of drug-likeness (QED) is 0.0433. The van der Waals surface area contributed by atoms with Crippen LogP contribution in [0.15, 0.2) is 71.7 Å². The van der Waals surface area contributed by atoms with Crippen LogP contribution in [-0.2, 0) is 30.5 Å². The van der Waals surface area contributed by atoms with E-state index in [0.717, 1.165) is 36.1 Å². The van der Waals surface area contributed by atoms with Gasteiger partial charge in [0, 0.05) is 47.1 Å². The van der Waals surface area contributed by atoms with E-state index in [0.29, 0.717) is 0 Å². The van der Waals surface area contributed by atoms with Gasteiger partial charge < -0.3 is 27.3 Å². The molecule has 1 aliphatic carbocycles. The standard InChI is InChI=1S/C34H32ClF4N7O3/c35-26-14-29(45-24-5-3-6-24)46(49)28(15-30(47)43-17-20-9-8-18(32(41)42)13-27(20)36)31(26)21-10-22(12-23(40)11-21)33(48)44-16-19-4-1-2-7-25(19)34(37,38)39/h1-2,4,7-14,24,49H,3,5-6,15-17,40H2,(H3,41,42)(H,43,47)(H,44,48). The Morgan fingerprint density at radius 2 is 1.71 bits per heavy atom. The third kappa shape index (κ3) is 8.20. The van der Waals surface area contributed by atoms with Crippen LogP contribution in [0.1, 0.15) is 57.6 Å². The second-order valence-electron chi connectivity index (χ2n) is 11.6. The van der Waals surface area contributed by atoms with Gasteiger partial charge in [-0.05, 0) is 60.7 Å². The number of nitrogen functional groups attached to an aromatic ring is 2. The molecule has 15 heteroatoms. The normalized spacial score (nSPS) is 13.5. The Labute approximate surface area is 282 Å². The predicted octanol–water partition coefficient (Wildman–Crippen LogP) is 5.31. The van der Waals surface area contributed by atoms with Crippen LogP contribution in [0.5, 0.6) is 0 Å². The summed E-state index contributed by atoms with van der Waals surface area (Å²) in [6, 6.07) is 14.3. The summed E-state index contributed by atoms with van der Waals surface area (Å²) in [6.07, 6.45) is -2.48. The van der Waals surface area contributed by atoms with E-state index in [-0.39, 0.29) is 73.7 Å². The molecule has 0 saturated heterocycles. The predicted molar refractivity (Wildman–Crippen MR) is 175 cm³/mol. The van der Waals surface area contributed by atoms with Crippen LogP contribution in [0, 0.1) is 11.2 Å². The largest absolute Gasteiger partial charge is 0.427 e. The molecule has 0 unspecified atom stereocenters. The fraction of sp³-hybridized carbons (Fsp3) is 0.235. The molecule has 10 nitrogen and oxygen atoms in total. The zero-order valence-corrected chi connectivity index (χ0v) is 26.6. The van der Waals surface area contributed by atoms with Crippen LogP contribution in [0.3, 0.4) is 0 Å². The average molecular weight is 698 g/mol. The molecule has 1 saturated carbocycles.